The molecular weight excluding hydrogens is 312 g/mol. The van der Waals surface area contributed by atoms with Crippen molar-refractivity contribution in [3.63, 3.8) is 0 Å². The number of thiophene rings is 1. The molecule has 0 saturated carbocycles. The highest BCUT2D eigenvalue weighted by Gasteiger charge is 2.34. The van der Waals surface area contributed by atoms with E-state index in [9.17, 15) is 9.90 Å². The molecule has 0 radical (unpaired) electrons. The van der Waals surface area contributed by atoms with Crippen LogP contribution in [0.25, 0.3) is 0 Å². The normalized spacial score (nSPS) is 21.0. The summed E-state index contributed by atoms with van der Waals surface area (Å²) in [6.45, 7) is 2.90. The number of carbonyl (C=O) groups is 1. The van der Waals surface area contributed by atoms with Crippen LogP contribution in [0.1, 0.15) is 29.2 Å². The monoisotopic (exact) mass is 334 g/mol. The van der Waals surface area contributed by atoms with Crippen LogP contribution in [0.15, 0.2) is 28.1 Å². The molecule has 1 aliphatic heterocycles. The van der Waals surface area contributed by atoms with Gasteiger partial charge in [-0.15, -0.1) is 11.3 Å². The summed E-state index contributed by atoms with van der Waals surface area (Å²) in [5.74, 6) is 0.944. The highest BCUT2D eigenvalue weighted by atomic mass is 32.1. The van der Waals surface area contributed by atoms with Crippen LogP contribution in [0.4, 0.5) is 0 Å². The highest BCUT2D eigenvalue weighted by Crippen LogP contribution is 2.23. The van der Waals surface area contributed by atoms with E-state index in [1.165, 1.54) is 4.88 Å². The third-order valence-electron chi connectivity index (χ3n) is 4.29. The predicted octanol–water partition coefficient (Wildman–Crippen LogP) is 2.43. The summed E-state index contributed by atoms with van der Waals surface area (Å²) in [4.78, 5) is 15.4. The average Bonchev–Trinajstić information content (AvgIpc) is 3.23. The first-order chi connectivity index (χ1) is 11.1. The molecule has 2 unspecified atom stereocenters. The first-order valence-electron chi connectivity index (χ1n) is 8.02. The second kappa shape index (κ2) is 7.27. The lowest BCUT2D eigenvalue weighted by atomic mass is 10.0. The summed E-state index contributed by atoms with van der Waals surface area (Å²) >= 11 is 1.73. The molecule has 1 saturated heterocycles. The van der Waals surface area contributed by atoms with E-state index < -0.39 is 6.10 Å². The second-order valence-electron chi connectivity index (χ2n) is 6.20. The van der Waals surface area contributed by atoms with Gasteiger partial charge in [0.25, 0.3) is 0 Å². The number of likely N-dealkylation sites (tertiary alicyclic amines) is 1. The molecule has 5 nitrogen and oxygen atoms in total. The zero-order valence-corrected chi connectivity index (χ0v) is 14.1. The van der Waals surface area contributed by atoms with E-state index in [4.69, 9.17) is 4.52 Å². The Morgan fingerprint density at radius 2 is 2.39 bits per heavy atom. The third kappa shape index (κ3) is 4.20. The van der Waals surface area contributed by atoms with E-state index in [2.05, 4.69) is 16.6 Å². The van der Waals surface area contributed by atoms with Crippen LogP contribution in [0, 0.1) is 12.8 Å². The smallest absolute Gasteiger partial charge is 0.222 e. The van der Waals surface area contributed by atoms with Crippen LogP contribution in [0.2, 0.25) is 0 Å². The minimum absolute atomic E-state index is 0.0311. The lowest BCUT2D eigenvalue weighted by molar-refractivity contribution is -0.130. The molecule has 0 spiro atoms. The van der Waals surface area contributed by atoms with Gasteiger partial charge < -0.3 is 14.5 Å². The number of carbonyl (C=O) groups excluding carboxylic acids is 1. The van der Waals surface area contributed by atoms with Crippen LogP contribution in [-0.4, -0.2) is 40.3 Å². The van der Waals surface area contributed by atoms with E-state index in [1.807, 2.05) is 19.1 Å². The zero-order chi connectivity index (χ0) is 16.2. The molecule has 2 aromatic rings. The van der Waals surface area contributed by atoms with Gasteiger partial charge in [-0.2, -0.15) is 0 Å². The Morgan fingerprint density at radius 3 is 3.09 bits per heavy atom. The summed E-state index contributed by atoms with van der Waals surface area (Å²) in [5.41, 5.74) is 0.842. The number of β-amino-alcohol motifs (C(OH)–C–C–N with tert-alkyl or cyclic N) is 1. The Bertz CT molecular complexity index is 638. The molecule has 0 aliphatic carbocycles. The van der Waals surface area contributed by atoms with Crippen molar-refractivity contribution in [3.8, 4) is 0 Å². The van der Waals surface area contributed by atoms with E-state index in [0.717, 1.165) is 24.3 Å². The maximum Gasteiger partial charge on any atom is 0.222 e. The first-order valence-corrected chi connectivity index (χ1v) is 8.90. The van der Waals surface area contributed by atoms with Crippen LogP contribution in [-0.2, 0) is 17.6 Å². The number of hydrogen-bond acceptors (Lipinski definition) is 5. The Hall–Kier alpha value is -1.66. The zero-order valence-electron chi connectivity index (χ0n) is 13.3. The van der Waals surface area contributed by atoms with Crippen molar-refractivity contribution in [1.82, 2.24) is 10.1 Å². The van der Waals surface area contributed by atoms with E-state index in [0.29, 0.717) is 25.9 Å². The third-order valence-corrected chi connectivity index (χ3v) is 5.23. The van der Waals surface area contributed by atoms with E-state index in [1.54, 1.807) is 16.2 Å². The van der Waals surface area contributed by atoms with Crippen LogP contribution in [0.5, 0.6) is 0 Å². The van der Waals surface area contributed by atoms with Gasteiger partial charge in [0.1, 0.15) is 5.76 Å². The number of amides is 1. The van der Waals surface area contributed by atoms with Gasteiger partial charge in [0, 0.05) is 42.8 Å². The number of aryl methyl sites for hydroxylation is 2. The number of aliphatic hydroxyl groups is 1. The molecule has 1 fully saturated rings. The van der Waals surface area contributed by atoms with Crippen molar-refractivity contribution in [2.45, 2.75) is 38.7 Å². The van der Waals surface area contributed by atoms with Gasteiger partial charge in [-0.25, -0.2) is 0 Å². The van der Waals surface area contributed by atoms with Gasteiger partial charge >= 0.3 is 0 Å². The summed E-state index contributed by atoms with van der Waals surface area (Å²) in [5, 5.41) is 16.1. The molecule has 23 heavy (non-hydrogen) atoms. The largest absolute Gasteiger partial charge is 0.391 e. The fourth-order valence-electron chi connectivity index (χ4n) is 3.06. The van der Waals surface area contributed by atoms with E-state index >= 15 is 0 Å². The Balaban J connectivity index is 1.46. The number of aliphatic hydroxyl groups excluding tert-OH is 1. The Kier molecular flexibility index (Phi) is 5.13. The number of nitrogens with zero attached hydrogens (tertiary/aromatic N) is 2. The van der Waals surface area contributed by atoms with Gasteiger partial charge in [0.2, 0.25) is 5.91 Å². The van der Waals surface area contributed by atoms with Gasteiger partial charge in [-0.1, -0.05) is 11.2 Å². The summed E-state index contributed by atoms with van der Waals surface area (Å²) in [6, 6.07) is 6.02. The predicted molar refractivity (Wildman–Crippen MR) is 88.3 cm³/mol. The molecule has 3 rings (SSSR count). The first kappa shape index (κ1) is 16.2. The van der Waals surface area contributed by atoms with Crippen molar-refractivity contribution in [2.75, 3.05) is 13.1 Å². The molecule has 2 atom stereocenters. The number of aromatic nitrogens is 1. The molecule has 0 bridgehead atoms. The fraction of sp³-hybridized carbons (Fsp3) is 0.529. The topological polar surface area (TPSA) is 66.6 Å². The Morgan fingerprint density at radius 1 is 1.52 bits per heavy atom. The summed E-state index contributed by atoms with van der Waals surface area (Å²) in [6.07, 6.45) is 2.49. The molecular formula is C17H22N2O3S. The van der Waals surface area contributed by atoms with Gasteiger partial charge in [0.05, 0.1) is 11.8 Å². The van der Waals surface area contributed by atoms with Gasteiger partial charge in [-0.3, -0.25) is 4.79 Å². The molecule has 1 amide bonds. The standard InChI is InChI=1S/C17H22N2O3S/c1-12-8-14(22-18-12)9-13-10-19(11-16(13)20)17(21)6-2-4-15-5-3-7-23-15/h3,5,7-8,13,16,20H,2,4,6,9-11H2,1H3. The molecule has 1 aliphatic rings. The summed E-state index contributed by atoms with van der Waals surface area (Å²) < 4.78 is 5.21. The second-order valence-corrected chi connectivity index (χ2v) is 7.23. The van der Waals surface area contributed by atoms with Crippen molar-refractivity contribution in [1.29, 1.82) is 0 Å². The lowest BCUT2D eigenvalue weighted by Crippen LogP contribution is -2.29. The number of rotatable bonds is 6. The van der Waals surface area contributed by atoms with Crippen molar-refractivity contribution < 1.29 is 14.4 Å². The van der Waals surface area contributed by atoms with Crippen LogP contribution >= 0.6 is 11.3 Å². The van der Waals surface area contributed by atoms with Crippen LogP contribution < -0.4 is 0 Å². The summed E-state index contributed by atoms with van der Waals surface area (Å²) in [7, 11) is 0. The number of hydrogen-bond donors (Lipinski definition) is 1. The average molecular weight is 334 g/mol. The maximum absolute atomic E-state index is 12.3. The van der Waals surface area contributed by atoms with Crippen molar-refractivity contribution >= 4 is 17.2 Å². The lowest BCUT2D eigenvalue weighted by Gasteiger charge is -2.15. The highest BCUT2D eigenvalue weighted by molar-refractivity contribution is 7.09. The molecule has 124 valence electrons. The molecule has 1 N–H and O–H groups in total. The van der Waals surface area contributed by atoms with Gasteiger partial charge in [-0.05, 0) is 31.2 Å². The van der Waals surface area contributed by atoms with Crippen LogP contribution in [0.3, 0.4) is 0 Å². The van der Waals surface area contributed by atoms with E-state index in [-0.39, 0.29) is 11.8 Å². The Labute approximate surface area is 139 Å². The molecule has 2 aromatic heterocycles. The maximum atomic E-state index is 12.3. The molecule has 3 heterocycles. The molecule has 6 heteroatoms. The minimum atomic E-state index is -0.485. The van der Waals surface area contributed by atoms with Gasteiger partial charge in [0.15, 0.2) is 0 Å². The SMILES string of the molecule is Cc1cc(CC2CN(C(=O)CCCc3cccs3)CC2O)on1. The fourth-order valence-corrected chi connectivity index (χ4v) is 3.81. The van der Waals surface area contributed by atoms with Crippen molar-refractivity contribution in [2.24, 2.45) is 5.92 Å². The van der Waals surface area contributed by atoms with Crippen molar-refractivity contribution in [3.05, 3.63) is 39.9 Å². The molecule has 0 aromatic carbocycles. The quantitative estimate of drug-likeness (QED) is 0.881. The minimum Gasteiger partial charge on any atom is -0.391 e.